The van der Waals surface area contributed by atoms with Crippen LogP contribution in [0.25, 0.3) is 0 Å². The van der Waals surface area contributed by atoms with E-state index in [1.165, 1.54) is 0 Å². The fourth-order valence-electron chi connectivity index (χ4n) is 2.11. The molecule has 0 radical (unpaired) electrons. The van der Waals surface area contributed by atoms with Crippen LogP contribution in [-0.2, 0) is 22.6 Å². The Morgan fingerprint density at radius 2 is 1.70 bits per heavy atom. The second-order valence-corrected chi connectivity index (χ2v) is 5.78. The van der Waals surface area contributed by atoms with Crippen LogP contribution in [-0.4, -0.2) is 18.4 Å². The predicted octanol–water partition coefficient (Wildman–Crippen LogP) is 2.62. The molecule has 2 amide bonds. The SMILES string of the molecule is Cc1cccc(CC(=O)NCC(=O)NCc2ccc(Cl)cc2)c1. The summed E-state index contributed by atoms with van der Waals surface area (Å²) in [7, 11) is 0. The Labute approximate surface area is 140 Å². The Balaban J connectivity index is 1.71. The second-order valence-electron chi connectivity index (χ2n) is 5.35. The highest BCUT2D eigenvalue weighted by atomic mass is 35.5. The number of carbonyl (C=O) groups excluding carboxylic acids is 2. The van der Waals surface area contributed by atoms with Gasteiger partial charge < -0.3 is 10.6 Å². The molecule has 0 aromatic heterocycles. The number of hydrogen-bond donors (Lipinski definition) is 2. The van der Waals surface area contributed by atoms with Crippen LogP contribution in [0.4, 0.5) is 0 Å². The summed E-state index contributed by atoms with van der Waals surface area (Å²) < 4.78 is 0. The van der Waals surface area contributed by atoms with Crippen LogP contribution in [0.1, 0.15) is 16.7 Å². The van der Waals surface area contributed by atoms with Gasteiger partial charge in [-0.1, -0.05) is 53.6 Å². The molecular weight excluding hydrogens is 312 g/mol. The van der Waals surface area contributed by atoms with Gasteiger partial charge in [0.15, 0.2) is 0 Å². The van der Waals surface area contributed by atoms with E-state index in [0.29, 0.717) is 11.6 Å². The molecule has 0 aliphatic carbocycles. The summed E-state index contributed by atoms with van der Waals surface area (Å²) in [6, 6.07) is 15.0. The molecule has 0 aliphatic rings. The topological polar surface area (TPSA) is 58.2 Å². The van der Waals surface area contributed by atoms with Gasteiger partial charge in [0.05, 0.1) is 13.0 Å². The Morgan fingerprint density at radius 3 is 2.39 bits per heavy atom. The summed E-state index contributed by atoms with van der Waals surface area (Å²) in [5.41, 5.74) is 2.99. The lowest BCUT2D eigenvalue weighted by Crippen LogP contribution is -2.37. The fourth-order valence-corrected chi connectivity index (χ4v) is 2.24. The molecule has 4 nitrogen and oxygen atoms in total. The van der Waals surface area contributed by atoms with Crippen molar-refractivity contribution in [3.8, 4) is 0 Å². The summed E-state index contributed by atoms with van der Waals surface area (Å²) >= 11 is 5.80. The van der Waals surface area contributed by atoms with Crippen molar-refractivity contribution in [2.24, 2.45) is 0 Å². The van der Waals surface area contributed by atoms with Crippen molar-refractivity contribution < 1.29 is 9.59 Å². The normalized spacial score (nSPS) is 10.2. The van der Waals surface area contributed by atoms with Gasteiger partial charge in [0.2, 0.25) is 11.8 Å². The first-order valence-corrected chi connectivity index (χ1v) is 7.74. The van der Waals surface area contributed by atoms with Crippen molar-refractivity contribution in [3.05, 3.63) is 70.2 Å². The van der Waals surface area contributed by atoms with E-state index in [1.807, 2.05) is 43.3 Å². The van der Waals surface area contributed by atoms with E-state index in [0.717, 1.165) is 16.7 Å². The zero-order chi connectivity index (χ0) is 16.7. The van der Waals surface area contributed by atoms with Gasteiger partial charge >= 0.3 is 0 Å². The lowest BCUT2D eigenvalue weighted by molar-refractivity contribution is -0.125. The standard InChI is InChI=1S/C18H19ClN2O2/c1-13-3-2-4-15(9-13)10-17(22)21-12-18(23)20-11-14-5-7-16(19)8-6-14/h2-9H,10-12H2,1H3,(H,20,23)(H,21,22). The highest BCUT2D eigenvalue weighted by Crippen LogP contribution is 2.09. The molecule has 2 N–H and O–H groups in total. The number of hydrogen-bond acceptors (Lipinski definition) is 2. The zero-order valence-corrected chi connectivity index (χ0v) is 13.7. The highest BCUT2D eigenvalue weighted by Gasteiger charge is 2.06. The van der Waals surface area contributed by atoms with Crippen LogP contribution in [0.2, 0.25) is 5.02 Å². The van der Waals surface area contributed by atoms with Crippen LogP contribution in [0, 0.1) is 6.92 Å². The summed E-state index contributed by atoms with van der Waals surface area (Å²) in [4.78, 5) is 23.6. The molecule has 0 saturated carbocycles. The van der Waals surface area contributed by atoms with Crippen LogP contribution < -0.4 is 10.6 Å². The van der Waals surface area contributed by atoms with Gasteiger partial charge in [-0.2, -0.15) is 0 Å². The summed E-state index contributed by atoms with van der Waals surface area (Å²) in [5, 5.41) is 6.03. The minimum absolute atomic E-state index is 0.0295. The predicted molar refractivity (Wildman–Crippen MR) is 91.2 cm³/mol. The quantitative estimate of drug-likeness (QED) is 0.855. The van der Waals surface area contributed by atoms with E-state index >= 15 is 0 Å². The van der Waals surface area contributed by atoms with Crippen LogP contribution in [0.5, 0.6) is 0 Å². The van der Waals surface area contributed by atoms with Crippen LogP contribution in [0.15, 0.2) is 48.5 Å². The van der Waals surface area contributed by atoms with E-state index < -0.39 is 0 Å². The molecule has 0 fully saturated rings. The molecule has 0 unspecified atom stereocenters. The smallest absolute Gasteiger partial charge is 0.239 e. The van der Waals surface area contributed by atoms with Gasteiger partial charge in [0.25, 0.3) is 0 Å². The van der Waals surface area contributed by atoms with Gasteiger partial charge in [0, 0.05) is 11.6 Å². The Bertz CT molecular complexity index is 684. The van der Waals surface area contributed by atoms with Crippen molar-refractivity contribution in [1.82, 2.24) is 10.6 Å². The van der Waals surface area contributed by atoms with E-state index in [-0.39, 0.29) is 24.8 Å². The number of halogens is 1. The van der Waals surface area contributed by atoms with Gasteiger partial charge in [-0.25, -0.2) is 0 Å². The molecule has 2 rings (SSSR count). The summed E-state index contributed by atoms with van der Waals surface area (Å²) in [5.74, 6) is -0.394. The van der Waals surface area contributed by atoms with Crippen molar-refractivity contribution in [2.75, 3.05) is 6.54 Å². The maximum atomic E-state index is 11.8. The zero-order valence-electron chi connectivity index (χ0n) is 12.9. The van der Waals surface area contributed by atoms with Gasteiger partial charge in [-0.15, -0.1) is 0 Å². The lowest BCUT2D eigenvalue weighted by Gasteiger charge is -2.08. The van der Waals surface area contributed by atoms with E-state index in [2.05, 4.69) is 10.6 Å². The average Bonchev–Trinajstić information content (AvgIpc) is 2.52. The molecule has 0 heterocycles. The maximum Gasteiger partial charge on any atom is 0.239 e. The fraction of sp³-hybridized carbons (Fsp3) is 0.222. The van der Waals surface area contributed by atoms with Crippen molar-refractivity contribution >= 4 is 23.4 Å². The minimum Gasteiger partial charge on any atom is -0.350 e. The van der Waals surface area contributed by atoms with E-state index in [1.54, 1.807) is 12.1 Å². The number of carbonyl (C=O) groups is 2. The molecular formula is C18H19ClN2O2. The number of benzene rings is 2. The Hall–Kier alpha value is -2.33. The Kier molecular flexibility index (Phi) is 6.18. The number of nitrogens with one attached hydrogen (secondary N) is 2. The third kappa shape index (κ3) is 6.12. The lowest BCUT2D eigenvalue weighted by atomic mass is 10.1. The molecule has 0 aliphatic heterocycles. The van der Waals surface area contributed by atoms with Crippen LogP contribution >= 0.6 is 11.6 Å². The van der Waals surface area contributed by atoms with Crippen molar-refractivity contribution in [2.45, 2.75) is 19.9 Å². The van der Waals surface area contributed by atoms with Crippen molar-refractivity contribution in [1.29, 1.82) is 0 Å². The monoisotopic (exact) mass is 330 g/mol. The second kappa shape index (κ2) is 8.34. The molecule has 2 aromatic rings. The first-order valence-electron chi connectivity index (χ1n) is 7.36. The van der Waals surface area contributed by atoms with E-state index in [4.69, 9.17) is 11.6 Å². The molecule has 120 valence electrons. The largest absolute Gasteiger partial charge is 0.350 e. The molecule has 0 saturated heterocycles. The summed E-state index contributed by atoms with van der Waals surface area (Å²) in [6.07, 6.45) is 0.270. The number of amides is 2. The molecule has 0 spiro atoms. The first-order chi connectivity index (χ1) is 11.0. The molecule has 5 heteroatoms. The molecule has 23 heavy (non-hydrogen) atoms. The first kappa shape index (κ1) is 17.0. The minimum atomic E-state index is -0.224. The van der Waals surface area contributed by atoms with Gasteiger partial charge in [-0.3, -0.25) is 9.59 Å². The average molecular weight is 331 g/mol. The third-order valence-corrected chi connectivity index (χ3v) is 3.55. The van der Waals surface area contributed by atoms with Gasteiger partial charge in [-0.05, 0) is 30.2 Å². The van der Waals surface area contributed by atoms with E-state index in [9.17, 15) is 9.59 Å². The summed E-state index contributed by atoms with van der Waals surface area (Å²) in [6.45, 7) is 2.35. The number of aryl methyl sites for hydroxylation is 1. The Morgan fingerprint density at radius 1 is 0.957 bits per heavy atom. The van der Waals surface area contributed by atoms with Crippen molar-refractivity contribution in [3.63, 3.8) is 0 Å². The number of rotatable bonds is 6. The third-order valence-electron chi connectivity index (χ3n) is 3.30. The maximum absolute atomic E-state index is 11.8. The van der Waals surface area contributed by atoms with Crippen LogP contribution in [0.3, 0.4) is 0 Å². The molecule has 0 bridgehead atoms. The molecule has 0 atom stereocenters. The van der Waals surface area contributed by atoms with Gasteiger partial charge in [0.1, 0.15) is 0 Å². The molecule has 2 aromatic carbocycles. The highest BCUT2D eigenvalue weighted by molar-refractivity contribution is 6.30.